The summed E-state index contributed by atoms with van der Waals surface area (Å²) in [4.78, 5) is 27.7. The highest BCUT2D eigenvalue weighted by atomic mass is 19.4. The number of hydrogen-bond acceptors (Lipinski definition) is 6. The number of fused-ring (bicyclic) bond motifs is 4. The number of nitriles is 1. The molecule has 0 saturated carbocycles. The van der Waals surface area contributed by atoms with Crippen LogP contribution in [0, 0.1) is 11.3 Å². The van der Waals surface area contributed by atoms with Gasteiger partial charge in [0.2, 0.25) is 0 Å². The number of alkyl halides is 3. The summed E-state index contributed by atoms with van der Waals surface area (Å²) in [5.41, 5.74) is -5.40. The second kappa shape index (κ2) is 5.56. The zero-order valence-corrected chi connectivity index (χ0v) is 13.8. The van der Waals surface area contributed by atoms with E-state index in [1.165, 1.54) is 6.07 Å². The molecule has 0 bridgehead atoms. The van der Waals surface area contributed by atoms with E-state index in [-0.39, 0.29) is 17.0 Å². The zero-order valence-electron chi connectivity index (χ0n) is 13.8. The van der Waals surface area contributed by atoms with Gasteiger partial charge in [-0.15, -0.1) is 0 Å². The summed E-state index contributed by atoms with van der Waals surface area (Å²) in [6.07, 6.45) is -4.41. The first-order chi connectivity index (χ1) is 12.1. The maximum absolute atomic E-state index is 14.2. The molecule has 1 aromatic heterocycles. The van der Waals surface area contributed by atoms with Crippen molar-refractivity contribution in [2.24, 2.45) is 0 Å². The quantitative estimate of drug-likeness (QED) is 0.588. The topological polar surface area (TPSA) is 89.3 Å². The average Bonchev–Trinajstić information content (AvgIpc) is 2.57. The molecule has 0 amide bonds. The minimum atomic E-state index is -4.83. The molecular weight excluding hydrogens is 353 g/mol. The lowest BCUT2D eigenvalue weighted by Crippen LogP contribution is -2.71. The van der Waals surface area contributed by atoms with Gasteiger partial charge in [0.25, 0.3) is 0 Å². The van der Waals surface area contributed by atoms with Gasteiger partial charge in [-0.2, -0.15) is 18.4 Å². The number of esters is 2. The Hall–Kier alpha value is -2.89. The van der Waals surface area contributed by atoms with Crippen LogP contribution in [-0.4, -0.2) is 36.3 Å². The first-order valence-electron chi connectivity index (χ1n) is 7.58. The molecule has 2 aliphatic carbocycles. The van der Waals surface area contributed by atoms with Crippen LogP contribution in [0.4, 0.5) is 13.2 Å². The van der Waals surface area contributed by atoms with Crippen LogP contribution >= 0.6 is 0 Å². The molecule has 2 aliphatic rings. The summed E-state index contributed by atoms with van der Waals surface area (Å²) in [5.74, 6) is -1.84. The number of hydrogen-bond donors (Lipinski definition) is 0. The number of nitrogens with zero attached hydrogens (tertiary/aromatic N) is 2. The number of carbonyl (C=O) groups excluding carboxylic acids is 2. The molecule has 1 aromatic rings. The van der Waals surface area contributed by atoms with Crippen molar-refractivity contribution in [3.63, 3.8) is 0 Å². The van der Waals surface area contributed by atoms with Crippen molar-refractivity contribution in [3.8, 4) is 6.07 Å². The lowest BCUT2D eigenvalue weighted by molar-refractivity contribution is -0.221. The second-order valence-corrected chi connectivity index (χ2v) is 6.12. The molecule has 1 heterocycles. The molecule has 3 rings (SSSR count). The fraction of sp³-hybridized carbons (Fsp3) is 0.412. The van der Waals surface area contributed by atoms with E-state index in [9.17, 15) is 22.8 Å². The fourth-order valence-corrected chi connectivity index (χ4v) is 3.93. The molecule has 136 valence electrons. The minimum absolute atomic E-state index is 0.124. The molecule has 0 spiro atoms. The molecule has 0 saturated heterocycles. The van der Waals surface area contributed by atoms with E-state index in [0.717, 1.165) is 32.3 Å². The predicted molar refractivity (Wildman–Crippen MR) is 79.7 cm³/mol. The Labute approximate surface area is 146 Å². The van der Waals surface area contributed by atoms with Gasteiger partial charge in [-0.1, -0.05) is 12.1 Å². The summed E-state index contributed by atoms with van der Waals surface area (Å²) in [6, 6.07) is 4.06. The molecule has 0 radical (unpaired) electrons. The number of rotatable bonds is 2. The molecule has 6 nitrogen and oxygen atoms in total. The fourth-order valence-electron chi connectivity index (χ4n) is 3.93. The highest BCUT2D eigenvalue weighted by molar-refractivity contribution is 5.92. The van der Waals surface area contributed by atoms with Crippen molar-refractivity contribution >= 4 is 11.9 Å². The van der Waals surface area contributed by atoms with Gasteiger partial charge >= 0.3 is 18.1 Å². The molecule has 9 heteroatoms. The molecular formula is C17H13F3N2O4. The average molecular weight is 366 g/mol. The summed E-state index contributed by atoms with van der Waals surface area (Å²) < 4.78 is 52.2. The molecule has 0 aromatic carbocycles. The molecule has 26 heavy (non-hydrogen) atoms. The van der Waals surface area contributed by atoms with Crippen LogP contribution in [0.3, 0.4) is 0 Å². The van der Waals surface area contributed by atoms with Crippen molar-refractivity contribution in [2.75, 3.05) is 7.11 Å². The van der Waals surface area contributed by atoms with Crippen LogP contribution in [0.5, 0.6) is 0 Å². The monoisotopic (exact) mass is 366 g/mol. The number of pyridine rings is 1. The largest absolute Gasteiger partial charge is 0.468 e. The third-order valence-electron chi connectivity index (χ3n) is 4.88. The van der Waals surface area contributed by atoms with Gasteiger partial charge in [0.1, 0.15) is 28.7 Å². The first-order valence-corrected chi connectivity index (χ1v) is 7.58. The van der Waals surface area contributed by atoms with E-state index >= 15 is 0 Å². The maximum atomic E-state index is 14.2. The third-order valence-corrected chi connectivity index (χ3v) is 4.88. The van der Waals surface area contributed by atoms with E-state index in [1.807, 2.05) is 0 Å². The SMILES string of the molecule is COC(=O)[C@]12C[C@H](OC(C)=O)C=C[C@@]1(C(F)(F)F)c1ccc(C#N)nc12. The molecule has 0 aliphatic heterocycles. The van der Waals surface area contributed by atoms with Crippen LogP contribution in [0.15, 0.2) is 24.3 Å². The Kier molecular flexibility index (Phi) is 3.83. The van der Waals surface area contributed by atoms with Crippen LogP contribution < -0.4 is 0 Å². The van der Waals surface area contributed by atoms with Crippen molar-refractivity contribution < 1.29 is 32.2 Å². The second-order valence-electron chi connectivity index (χ2n) is 6.12. The standard InChI is InChI=1S/C17H13F3N2O4/c1-9(23)26-11-5-6-16(17(18,19)20)12-4-3-10(8-21)22-13(12)15(16,7-11)14(24)25-2/h3-6,11H,7H2,1-2H3/t11-,15-,16-/m1/s1. The van der Waals surface area contributed by atoms with E-state index in [1.54, 1.807) is 6.07 Å². The molecule has 0 unspecified atom stereocenters. The highest BCUT2D eigenvalue weighted by Gasteiger charge is 2.80. The summed E-state index contributed by atoms with van der Waals surface area (Å²) in [5, 5.41) is 9.01. The van der Waals surface area contributed by atoms with Crippen molar-refractivity contribution in [1.29, 1.82) is 5.26 Å². The molecule has 0 N–H and O–H groups in total. The Morgan fingerprint density at radius 3 is 2.62 bits per heavy atom. The Balaban J connectivity index is 2.30. The number of allylic oxidation sites excluding steroid dienone is 1. The molecule has 0 fully saturated rings. The van der Waals surface area contributed by atoms with Gasteiger partial charge in [0.05, 0.1) is 12.8 Å². The van der Waals surface area contributed by atoms with E-state index in [0.29, 0.717) is 0 Å². The molecule has 3 atom stereocenters. The lowest BCUT2D eigenvalue weighted by atomic mass is 9.44. The first kappa shape index (κ1) is 17.9. The van der Waals surface area contributed by atoms with Crippen LogP contribution in [-0.2, 0) is 29.9 Å². The summed E-state index contributed by atoms with van der Waals surface area (Å²) in [6.45, 7) is 1.12. The van der Waals surface area contributed by atoms with Crippen LogP contribution in [0.2, 0.25) is 0 Å². The Morgan fingerprint density at radius 1 is 1.38 bits per heavy atom. The minimum Gasteiger partial charge on any atom is -0.468 e. The summed E-state index contributed by atoms with van der Waals surface area (Å²) in [7, 11) is 0.976. The Bertz CT molecular complexity index is 874. The normalized spacial score (nSPS) is 28.8. The smallest absolute Gasteiger partial charge is 0.403 e. The van der Waals surface area contributed by atoms with Crippen LogP contribution in [0.25, 0.3) is 0 Å². The summed E-state index contributed by atoms with van der Waals surface area (Å²) >= 11 is 0. The van der Waals surface area contributed by atoms with E-state index in [4.69, 9.17) is 10.00 Å². The number of carbonyl (C=O) groups is 2. The third kappa shape index (κ3) is 2.01. The van der Waals surface area contributed by atoms with E-state index in [2.05, 4.69) is 9.72 Å². The zero-order chi connectivity index (χ0) is 19.3. The van der Waals surface area contributed by atoms with Gasteiger partial charge in [0.15, 0.2) is 0 Å². The van der Waals surface area contributed by atoms with Crippen LogP contribution in [0.1, 0.15) is 30.3 Å². The van der Waals surface area contributed by atoms with Crippen molar-refractivity contribution in [2.45, 2.75) is 36.5 Å². The number of aromatic nitrogens is 1. The Morgan fingerprint density at radius 2 is 2.08 bits per heavy atom. The van der Waals surface area contributed by atoms with Gasteiger partial charge in [-0.25, -0.2) is 4.98 Å². The van der Waals surface area contributed by atoms with Gasteiger partial charge < -0.3 is 9.47 Å². The van der Waals surface area contributed by atoms with Crippen molar-refractivity contribution in [1.82, 2.24) is 4.98 Å². The number of halogens is 3. The maximum Gasteiger partial charge on any atom is 0.403 e. The van der Waals surface area contributed by atoms with Crippen molar-refractivity contribution in [3.05, 3.63) is 41.2 Å². The van der Waals surface area contributed by atoms with E-state index < -0.39 is 41.5 Å². The lowest BCUT2D eigenvalue weighted by Gasteiger charge is -2.58. The predicted octanol–water partition coefficient (Wildman–Crippen LogP) is 2.07. The van der Waals surface area contributed by atoms with Gasteiger partial charge in [-0.3, -0.25) is 9.59 Å². The van der Waals surface area contributed by atoms with Gasteiger partial charge in [-0.05, 0) is 17.7 Å². The van der Waals surface area contributed by atoms with Gasteiger partial charge in [0, 0.05) is 13.3 Å². The number of ether oxygens (including phenoxy) is 2. The highest BCUT2D eigenvalue weighted by Crippen LogP contribution is 2.67. The number of methoxy groups -OCH3 is 1.